The zero-order chi connectivity index (χ0) is 13.6. The van der Waals surface area contributed by atoms with Crippen LogP contribution in [0, 0.1) is 27.7 Å². The molecule has 0 saturated carbocycles. The maximum absolute atomic E-state index is 4.92. The minimum absolute atomic E-state index is 1.13. The molecule has 1 aromatic heterocycles. The van der Waals surface area contributed by atoms with Crippen LogP contribution >= 0.6 is 0 Å². The molecule has 0 N–H and O–H groups in total. The van der Waals surface area contributed by atoms with E-state index in [0.29, 0.717) is 0 Å². The molecule has 1 aliphatic heterocycles. The molecular weight excluding hydrogens is 232 g/mol. The van der Waals surface area contributed by atoms with Crippen LogP contribution in [0.1, 0.15) is 41.1 Å². The molecule has 0 unspecified atom stereocenters. The third kappa shape index (κ3) is 1.99. The first-order chi connectivity index (χ1) is 9.08. The van der Waals surface area contributed by atoms with Crippen molar-refractivity contribution >= 4 is 0 Å². The number of aryl methyl sites for hydroxylation is 4. The number of hydrogen-bond acceptors (Lipinski definition) is 1. The van der Waals surface area contributed by atoms with Crippen LogP contribution in [-0.2, 0) is 13.0 Å². The number of fused-ring (bicyclic) bond motifs is 1. The highest BCUT2D eigenvalue weighted by atomic mass is 15.1. The van der Waals surface area contributed by atoms with Crippen LogP contribution in [0.15, 0.2) is 12.1 Å². The molecule has 100 valence electrons. The Morgan fingerprint density at radius 1 is 0.947 bits per heavy atom. The number of nitrogens with zero attached hydrogens (tertiary/aromatic N) is 2. The first-order valence-corrected chi connectivity index (χ1v) is 7.22. The molecular formula is C17H22N2. The summed E-state index contributed by atoms with van der Waals surface area (Å²) in [7, 11) is 0. The second-order valence-electron chi connectivity index (χ2n) is 5.82. The van der Waals surface area contributed by atoms with Crippen molar-refractivity contribution in [1.82, 2.24) is 9.55 Å². The minimum Gasteiger partial charge on any atom is -0.332 e. The summed E-state index contributed by atoms with van der Waals surface area (Å²) < 4.78 is 2.41. The molecule has 0 radical (unpaired) electrons. The van der Waals surface area contributed by atoms with Crippen molar-refractivity contribution in [3.8, 4) is 11.3 Å². The van der Waals surface area contributed by atoms with Crippen LogP contribution in [0.5, 0.6) is 0 Å². The fraction of sp³-hybridized carbons (Fsp3) is 0.471. The molecule has 19 heavy (non-hydrogen) atoms. The molecule has 0 amide bonds. The van der Waals surface area contributed by atoms with Gasteiger partial charge in [-0.25, -0.2) is 4.98 Å². The van der Waals surface area contributed by atoms with Gasteiger partial charge in [0.15, 0.2) is 0 Å². The summed E-state index contributed by atoms with van der Waals surface area (Å²) >= 11 is 0. The first kappa shape index (κ1) is 12.5. The average Bonchev–Trinajstić information content (AvgIpc) is 2.72. The quantitative estimate of drug-likeness (QED) is 0.748. The lowest BCUT2D eigenvalue weighted by Gasteiger charge is -2.14. The van der Waals surface area contributed by atoms with E-state index >= 15 is 0 Å². The molecule has 2 heteroatoms. The molecule has 1 aliphatic rings. The van der Waals surface area contributed by atoms with Crippen molar-refractivity contribution in [3.63, 3.8) is 0 Å². The van der Waals surface area contributed by atoms with Gasteiger partial charge in [-0.05, 0) is 63.3 Å². The van der Waals surface area contributed by atoms with Crippen LogP contribution < -0.4 is 0 Å². The van der Waals surface area contributed by atoms with E-state index in [4.69, 9.17) is 4.98 Å². The van der Waals surface area contributed by atoms with Gasteiger partial charge in [-0.15, -0.1) is 0 Å². The lowest BCUT2D eigenvalue weighted by atomic mass is 9.98. The van der Waals surface area contributed by atoms with Gasteiger partial charge < -0.3 is 4.57 Å². The van der Waals surface area contributed by atoms with Crippen molar-refractivity contribution in [2.75, 3.05) is 0 Å². The summed E-state index contributed by atoms with van der Waals surface area (Å²) in [5, 5.41) is 0. The summed E-state index contributed by atoms with van der Waals surface area (Å²) in [4.78, 5) is 4.92. The summed E-state index contributed by atoms with van der Waals surface area (Å²) in [6.07, 6.45) is 3.70. The van der Waals surface area contributed by atoms with E-state index in [9.17, 15) is 0 Å². The van der Waals surface area contributed by atoms with Crippen molar-refractivity contribution in [3.05, 3.63) is 40.3 Å². The van der Waals surface area contributed by atoms with Crippen LogP contribution in [-0.4, -0.2) is 9.55 Å². The van der Waals surface area contributed by atoms with Crippen molar-refractivity contribution in [2.24, 2.45) is 0 Å². The average molecular weight is 254 g/mol. The predicted molar refractivity (Wildman–Crippen MR) is 79.5 cm³/mol. The molecule has 0 atom stereocenters. The fourth-order valence-electron chi connectivity index (χ4n) is 3.10. The zero-order valence-electron chi connectivity index (χ0n) is 12.4. The van der Waals surface area contributed by atoms with Gasteiger partial charge in [0.25, 0.3) is 0 Å². The van der Waals surface area contributed by atoms with E-state index in [1.807, 2.05) is 0 Å². The Morgan fingerprint density at radius 3 is 2.42 bits per heavy atom. The number of hydrogen-bond donors (Lipinski definition) is 0. The summed E-state index contributed by atoms with van der Waals surface area (Å²) in [5.41, 5.74) is 7.89. The van der Waals surface area contributed by atoms with Crippen molar-refractivity contribution < 1.29 is 0 Å². The van der Waals surface area contributed by atoms with Gasteiger partial charge >= 0.3 is 0 Å². The lowest BCUT2D eigenvalue weighted by Crippen LogP contribution is -2.11. The van der Waals surface area contributed by atoms with Gasteiger partial charge in [-0.3, -0.25) is 0 Å². The zero-order valence-corrected chi connectivity index (χ0v) is 12.4. The maximum Gasteiger partial charge on any atom is 0.109 e. The topological polar surface area (TPSA) is 17.8 Å². The van der Waals surface area contributed by atoms with Gasteiger partial charge in [0, 0.05) is 24.2 Å². The molecule has 0 saturated heterocycles. The molecule has 0 aliphatic carbocycles. The summed E-state index contributed by atoms with van der Waals surface area (Å²) in [6.45, 7) is 9.91. The van der Waals surface area contributed by atoms with E-state index in [1.165, 1.54) is 52.3 Å². The second kappa shape index (κ2) is 4.52. The van der Waals surface area contributed by atoms with Gasteiger partial charge in [0.05, 0.1) is 5.69 Å². The number of aromatic nitrogens is 2. The molecule has 2 heterocycles. The number of benzene rings is 1. The Morgan fingerprint density at radius 2 is 1.68 bits per heavy atom. The van der Waals surface area contributed by atoms with Gasteiger partial charge in [0.2, 0.25) is 0 Å². The molecule has 0 spiro atoms. The lowest BCUT2D eigenvalue weighted by molar-refractivity contribution is 0.514. The monoisotopic (exact) mass is 254 g/mol. The summed E-state index contributed by atoms with van der Waals surface area (Å²) in [5.74, 6) is 1.27. The largest absolute Gasteiger partial charge is 0.332 e. The Bertz CT molecular complexity index is 635. The highest BCUT2D eigenvalue weighted by Crippen LogP contribution is 2.30. The van der Waals surface area contributed by atoms with Crippen molar-refractivity contribution in [2.45, 2.75) is 53.5 Å². The highest BCUT2D eigenvalue weighted by molar-refractivity contribution is 5.68. The van der Waals surface area contributed by atoms with Gasteiger partial charge in [-0.2, -0.15) is 0 Å². The fourth-order valence-corrected chi connectivity index (χ4v) is 3.10. The third-order valence-corrected chi connectivity index (χ3v) is 4.43. The molecule has 2 nitrogen and oxygen atoms in total. The SMILES string of the molecule is Cc1cc(C)c(-c2nc3n(c2C)CCCC3)cc1C. The van der Waals surface area contributed by atoms with Gasteiger partial charge in [0.1, 0.15) is 5.82 Å². The van der Waals surface area contributed by atoms with E-state index in [2.05, 4.69) is 44.4 Å². The number of rotatable bonds is 1. The smallest absolute Gasteiger partial charge is 0.109 e. The Balaban J connectivity index is 2.17. The Labute approximate surface area is 115 Å². The Hall–Kier alpha value is -1.57. The molecule has 0 bridgehead atoms. The van der Waals surface area contributed by atoms with E-state index in [0.717, 1.165) is 13.0 Å². The molecule has 1 aromatic carbocycles. The predicted octanol–water partition coefficient (Wildman–Crippen LogP) is 4.12. The normalized spacial score (nSPS) is 14.5. The first-order valence-electron chi connectivity index (χ1n) is 7.22. The standard InChI is InChI=1S/C17H22N2/c1-11-9-13(3)15(10-12(11)2)17-14(4)19-8-6-5-7-16(19)18-17/h9-10H,5-8H2,1-4H3. The van der Waals surface area contributed by atoms with E-state index in [-0.39, 0.29) is 0 Å². The molecule has 2 aromatic rings. The van der Waals surface area contributed by atoms with Crippen LogP contribution in [0.3, 0.4) is 0 Å². The van der Waals surface area contributed by atoms with E-state index in [1.54, 1.807) is 0 Å². The molecule has 3 rings (SSSR count). The molecule has 0 fully saturated rings. The third-order valence-electron chi connectivity index (χ3n) is 4.43. The maximum atomic E-state index is 4.92. The van der Waals surface area contributed by atoms with Crippen molar-refractivity contribution in [1.29, 1.82) is 0 Å². The van der Waals surface area contributed by atoms with Gasteiger partial charge in [-0.1, -0.05) is 6.07 Å². The minimum atomic E-state index is 1.13. The Kier molecular flexibility index (Phi) is 2.96. The van der Waals surface area contributed by atoms with Crippen LogP contribution in [0.4, 0.5) is 0 Å². The number of imidazole rings is 1. The highest BCUT2D eigenvalue weighted by Gasteiger charge is 2.19. The summed E-state index contributed by atoms with van der Waals surface area (Å²) in [6, 6.07) is 4.58. The van der Waals surface area contributed by atoms with E-state index < -0.39 is 0 Å². The van der Waals surface area contributed by atoms with Crippen LogP contribution in [0.25, 0.3) is 11.3 Å². The second-order valence-corrected chi connectivity index (χ2v) is 5.82. The van der Waals surface area contributed by atoms with Crippen LogP contribution in [0.2, 0.25) is 0 Å².